The molecule has 66 heavy (non-hydrogen) atoms. The molecule has 2 aromatic heterocycles. The van der Waals surface area contributed by atoms with E-state index >= 15 is 4.39 Å². The quantitative estimate of drug-likeness (QED) is 0.0349. The van der Waals surface area contributed by atoms with Crippen LogP contribution >= 0.6 is 12.6 Å². The largest absolute Gasteiger partial charge is 0.458 e. The average Bonchev–Trinajstić information content (AvgIpc) is 3.67. The molecule has 2 aromatic carbocycles. The molecule has 7 rings (SSSR count). The number of cyclic esters (lactones) is 1. The highest BCUT2D eigenvalue weighted by Crippen LogP contribution is 2.46. The minimum Gasteiger partial charge on any atom is -0.458 e. The number of nitrogens with one attached hydrogen (secondary N) is 6. The van der Waals surface area contributed by atoms with Crippen LogP contribution in [0.5, 0.6) is 0 Å². The number of carbonyl (C=O) groups excluding carboxylic acids is 7. The van der Waals surface area contributed by atoms with E-state index in [1.165, 1.54) is 10.6 Å². The Hall–Kier alpha value is -6.67. The Morgan fingerprint density at radius 3 is 2.38 bits per heavy atom. The van der Waals surface area contributed by atoms with Crippen molar-refractivity contribution in [2.45, 2.75) is 89.6 Å². The first kappa shape index (κ1) is 47.3. The number of amides is 6. The van der Waals surface area contributed by atoms with Gasteiger partial charge in [0, 0.05) is 48.4 Å². The van der Waals surface area contributed by atoms with Gasteiger partial charge in [0.25, 0.3) is 5.56 Å². The summed E-state index contributed by atoms with van der Waals surface area (Å²) in [7, 11) is 0. The van der Waals surface area contributed by atoms with Crippen molar-refractivity contribution in [3.8, 4) is 11.4 Å². The van der Waals surface area contributed by atoms with Gasteiger partial charge in [0.15, 0.2) is 5.60 Å². The molecule has 0 radical (unpaired) electrons. The molecule has 348 valence electrons. The van der Waals surface area contributed by atoms with Crippen LogP contribution in [0.3, 0.4) is 0 Å². The lowest BCUT2D eigenvalue weighted by Gasteiger charge is -2.31. The number of aliphatic hydroxyl groups is 1. The lowest BCUT2D eigenvalue weighted by molar-refractivity contribution is -0.172. The zero-order valence-electron chi connectivity index (χ0n) is 36.4. The minimum absolute atomic E-state index is 0.0225. The molecular formula is C46H51FN8O10S. The molecule has 6 amide bonds. The van der Waals surface area contributed by atoms with Gasteiger partial charge in [-0.2, -0.15) is 12.6 Å². The molecule has 0 saturated heterocycles. The van der Waals surface area contributed by atoms with Gasteiger partial charge in [0.05, 0.1) is 54.7 Å². The summed E-state index contributed by atoms with van der Waals surface area (Å²) >= 11 is 3.96. The van der Waals surface area contributed by atoms with E-state index in [-0.39, 0.29) is 81.3 Å². The number of aryl methyl sites for hydroxylation is 1. The molecular weight excluding hydrogens is 876 g/mol. The number of aromatic nitrogens is 2. The Labute approximate surface area is 383 Å². The number of esters is 1. The molecule has 7 N–H and O–H groups in total. The van der Waals surface area contributed by atoms with Crippen LogP contribution in [-0.2, 0) is 69.9 Å². The monoisotopic (exact) mass is 926 g/mol. The topological polar surface area (TPSA) is 256 Å². The highest BCUT2D eigenvalue weighted by molar-refractivity contribution is 7.80. The molecule has 18 nitrogen and oxygen atoms in total. The van der Waals surface area contributed by atoms with Crippen molar-refractivity contribution < 1.29 is 47.8 Å². The zero-order valence-corrected chi connectivity index (χ0v) is 37.3. The number of ether oxygens (including phenoxy) is 1. The lowest BCUT2D eigenvalue weighted by Crippen LogP contribution is -2.52. The number of hydrogen-bond donors (Lipinski definition) is 8. The number of thiol groups is 1. The summed E-state index contributed by atoms with van der Waals surface area (Å²) in [5.41, 5.74) is 2.28. The van der Waals surface area contributed by atoms with Crippen LogP contribution in [0.25, 0.3) is 22.3 Å². The first-order valence-electron chi connectivity index (χ1n) is 21.8. The Bertz CT molecular complexity index is 2700. The third-order valence-electron chi connectivity index (χ3n) is 12.2. The van der Waals surface area contributed by atoms with Crippen molar-refractivity contribution in [3.63, 3.8) is 0 Å². The van der Waals surface area contributed by atoms with E-state index in [1.807, 2.05) is 0 Å². The summed E-state index contributed by atoms with van der Waals surface area (Å²) in [5, 5.41) is 27.8. The van der Waals surface area contributed by atoms with E-state index in [9.17, 15) is 43.5 Å². The highest BCUT2D eigenvalue weighted by atomic mass is 32.1. The predicted molar refractivity (Wildman–Crippen MR) is 240 cm³/mol. The van der Waals surface area contributed by atoms with Gasteiger partial charge in [-0.1, -0.05) is 37.3 Å². The van der Waals surface area contributed by atoms with Crippen molar-refractivity contribution in [2.75, 3.05) is 31.9 Å². The number of halogens is 1. The second-order valence-electron chi connectivity index (χ2n) is 16.5. The fraction of sp³-hybridized carbons (Fsp3) is 0.413. The van der Waals surface area contributed by atoms with Crippen LogP contribution in [0.15, 0.2) is 47.3 Å². The fourth-order valence-corrected chi connectivity index (χ4v) is 8.91. The number of pyridine rings is 2. The van der Waals surface area contributed by atoms with Gasteiger partial charge in [-0.05, 0) is 66.7 Å². The molecule has 0 spiro atoms. The van der Waals surface area contributed by atoms with Gasteiger partial charge in [-0.15, -0.1) is 0 Å². The molecule has 3 atom stereocenters. The van der Waals surface area contributed by atoms with Crippen molar-refractivity contribution in [3.05, 3.63) is 97.6 Å². The lowest BCUT2D eigenvalue weighted by atomic mass is 9.81. The maximum atomic E-state index is 15.3. The third kappa shape index (κ3) is 9.93. The number of nitrogens with zero attached hydrogens (tertiary/aromatic N) is 2. The van der Waals surface area contributed by atoms with Crippen LogP contribution < -0.4 is 37.5 Å². The van der Waals surface area contributed by atoms with Crippen molar-refractivity contribution in [1.29, 1.82) is 0 Å². The molecule has 0 saturated carbocycles. The zero-order chi connectivity index (χ0) is 47.3. The van der Waals surface area contributed by atoms with Gasteiger partial charge in [-0.25, -0.2) is 14.2 Å². The van der Waals surface area contributed by atoms with Gasteiger partial charge < -0.3 is 46.3 Å². The first-order chi connectivity index (χ1) is 31.6. The Morgan fingerprint density at radius 2 is 1.64 bits per heavy atom. The van der Waals surface area contributed by atoms with E-state index in [2.05, 4.69) is 44.5 Å². The number of benzene rings is 2. The van der Waals surface area contributed by atoms with Crippen molar-refractivity contribution in [1.82, 2.24) is 41.5 Å². The first-order valence-corrected chi connectivity index (χ1v) is 22.4. The second-order valence-corrected chi connectivity index (χ2v) is 16.9. The number of fused-ring (bicyclic) bond motifs is 5. The summed E-state index contributed by atoms with van der Waals surface area (Å²) in [4.78, 5) is 108. The number of rotatable bonds is 18. The Balaban J connectivity index is 0.959. The molecule has 2 aliphatic heterocycles. The summed E-state index contributed by atoms with van der Waals surface area (Å²) < 4.78 is 22.0. The fourth-order valence-electron chi connectivity index (χ4n) is 8.71. The smallest absolute Gasteiger partial charge is 0.343 e. The van der Waals surface area contributed by atoms with Gasteiger partial charge in [-0.3, -0.25) is 33.6 Å². The van der Waals surface area contributed by atoms with Crippen LogP contribution in [0.1, 0.15) is 84.0 Å². The molecule has 4 heterocycles. The number of hydrogen-bond acceptors (Lipinski definition) is 12. The summed E-state index contributed by atoms with van der Waals surface area (Å²) in [5.74, 6) is -4.11. The molecule has 0 fully saturated rings. The van der Waals surface area contributed by atoms with E-state index < -0.39 is 71.7 Å². The number of carbonyl (C=O) groups is 7. The third-order valence-corrected chi connectivity index (χ3v) is 12.4. The SMILES string of the molecule is CC[C@@]1(O)C(=O)OCc2c1cc1n(c2=O)Cc2c-1nc1cc(F)c(C)c3c1c2[C@@H](NC(=O)CCCNC(=O)CNC(=O)[C@H](Cc1ccccc1)NC(=O)CNC(=O)CNC(=O)CCS)CC3. The van der Waals surface area contributed by atoms with Crippen molar-refractivity contribution >= 4 is 64.9 Å². The maximum Gasteiger partial charge on any atom is 0.343 e. The van der Waals surface area contributed by atoms with Gasteiger partial charge in [0.1, 0.15) is 18.5 Å². The summed E-state index contributed by atoms with van der Waals surface area (Å²) in [6.45, 7) is 1.99. The van der Waals surface area contributed by atoms with Crippen LogP contribution in [0, 0.1) is 12.7 Å². The molecule has 0 unspecified atom stereocenters. The van der Waals surface area contributed by atoms with Gasteiger partial charge in [0.2, 0.25) is 35.4 Å². The van der Waals surface area contributed by atoms with Crippen LogP contribution in [-0.4, -0.2) is 94.0 Å². The highest BCUT2D eigenvalue weighted by Gasteiger charge is 2.46. The normalized spacial score (nSPS) is 17.0. The van der Waals surface area contributed by atoms with Gasteiger partial charge >= 0.3 is 5.97 Å². The van der Waals surface area contributed by atoms with Crippen LogP contribution in [0.4, 0.5) is 4.39 Å². The second kappa shape index (κ2) is 20.2. The average molecular weight is 927 g/mol. The van der Waals surface area contributed by atoms with E-state index in [4.69, 9.17) is 9.72 Å². The standard InChI is InChI=1S/C46H51FN8O10S/c1-3-46(64)29-17-34-42-27(22-55(34)44(62)28(29)23-65-45(46)63)41-31(12-11-26-24(2)30(47)18-32(54-42)40(26)41)52-36(57)10-7-14-48-37(58)20-51-43(61)33(16-25-8-5-4-6-9-25)53-39(60)21-50-38(59)19-49-35(56)13-15-66/h4-6,8-9,17-18,31,33,64,66H,3,7,10-16,19-23H2,1-2H3,(H,48,58)(H,49,56)(H,50,59)(H,51,61)(H,52,57)(H,53,60)/t31-,33-,46-/m0/s1. The molecule has 0 bridgehead atoms. The molecule has 20 heteroatoms. The Morgan fingerprint density at radius 1 is 0.924 bits per heavy atom. The maximum absolute atomic E-state index is 15.3. The van der Waals surface area contributed by atoms with E-state index in [0.717, 1.165) is 11.1 Å². The molecule has 3 aliphatic rings. The molecule has 4 aromatic rings. The van der Waals surface area contributed by atoms with E-state index in [0.29, 0.717) is 57.6 Å². The predicted octanol–water partition coefficient (Wildman–Crippen LogP) is 0.923. The summed E-state index contributed by atoms with van der Waals surface area (Å²) in [6.07, 6.45) is 1.34. The minimum atomic E-state index is -2.03. The van der Waals surface area contributed by atoms with Crippen molar-refractivity contribution in [2.24, 2.45) is 0 Å². The molecule has 1 aliphatic carbocycles. The Kier molecular flexibility index (Phi) is 14.5. The van der Waals surface area contributed by atoms with Crippen LogP contribution in [0.2, 0.25) is 0 Å². The summed E-state index contributed by atoms with van der Waals surface area (Å²) in [6, 6.07) is 10.2. The van der Waals surface area contributed by atoms with E-state index in [1.54, 1.807) is 50.2 Å².